The van der Waals surface area contributed by atoms with Crippen LogP contribution in [0.4, 0.5) is 5.69 Å². The first-order valence-corrected chi connectivity index (χ1v) is 9.34. The Morgan fingerprint density at radius 2 is 2.12 bits per heavy atom. The van der Waals surface area contributed by atoms with E-state index in [1.54, 1.807) is 4.90 Å². The van der Waals surface area contributed by atoms with Gasteiger partial charge in [0.15, 0.2) is 0 Å². The molecule has 5 nitrogen and oxygen atoms in total. The molecule has 1 amide bonds. The van der Waals surface area contributed by atoms with Gasteiger partial charge in [0.1, 0.15) is 0 Å². The third kappa shape index (κ3) is 3.27. The highest BCUT2D eigenvalue weighted by atomic mass is 79.9. The van der Waals surface area contributed by atoms with Crippen molar-refractivity contribution < 1.29 is 9.32 Å². The van der Waals surface area contributed by atoms with Crippen LogP contribution in [-0.2, 0) is 4.79 Å². The number of halogens is 2. The van der Waals surface area contributed by atoms with E-state index in [1.165, 1.54) is 0 Å². The molecule has 0 spiro atoms. The summed E-state index contributed by atoms with van der Waals surface area (Å²) in [5.41, 5.74) is 2.70. The number of aryl methyl sites for hydroxylation is 1. The summed E-state index contributed by atoms with van der Waals surface area (Å²) in [7, 11) is 0. The largest absolute Gasteiger partial charge is 0.339 e. The normalized spacial score (nSPS) is 17.1. The van der Waals surface area contributed by atoms with Crippen LogP contribution in [0.15, 0.2) is 51.5 Å². The van der Waals surface area contributed by atoms with E-state index < -0.39 is 0 Å². The smallest absolute Gasteiger partial charge is 0.232 e. The molecule has 1 saturated heterocycles. The van der Waals surface area contributed by atoms with Crippen LogP contribution in [0.3, 0.4) is 0 Å². The van der Waals surface area contributed by atoms with Crippen molar-refractivity contribution >= 4 is 39.1 Å². The van der Waals surface area contributed by atoms with Gasteiger partial charge in [-0.3, -0.25) is 4.79 Å². The molecule has 4 rings (SSSR count). The van der Waals surface area contributed by atoms with Gasteiger partial charge in [-0.2, -0.15) is 4.98 Å². The molecule has 7 heteroatoms. The second-order valence-electron chi connectivity index (χ2n) is 6.30. The van der Waals surface area contributed by atoms with E-state index in [0.29, 0.717) is 29.7 Å². The molecule has 0 aliphatic carbocycles. The maximum atomic E-state index is 12.5. The first kappa shape index (κ1) is 17.2. The molecule has 2 heterocycles. The molecule has 3 aromatic rings. The maximum absolute atomic E-state index is 12.5. The highest BCUT2D eigenvalue weighted by Crippen LogP contribution is 2.34. The van der Waals surface area contributed by atoms with Gasteiger partial charge in [-0.05, 0) is 36.8 Å². The molecule has 1 unspecified atom stereocenters. The summed E-state index contributed by atoms with van der Waals surface area (Å²) >= 11 is 9.54. The first-order chi connectivity index (χ1) is 12.5. The van der Waals surface area contributed by atoms with Crippen molar-refractivity contribution in [1.29, 1.82) is 0 Å². The number of rotatable bonds is 3. The van der Waals surface area contributed by atoms with Crippen molar-refractivity contribution in [2.75, 3.05) is 11.4 Å². The fraction of sp³-hybridized carbons (Fsp3) is 0.211. The molecule has 0 N–H and O–H groups in total. The number of carbonyl (C=O) groups excluding carboxylic acids is 1. The van der Waals surface area contributed by atoms with Crippen molar-refractivity contribution in [2.24, 2.45) is 0 Å². The summed E-state index contributed by atoms with van der Waals surface area (Å²) in [5.74, 6) is 0.901. The predicted octanol–water partition coefficient (Wildman–Crippen LogP) is 4.98. The fourth-order valence-corrected chi connectivity index (χ4v) is 3.69. The standard InChI is InChI=1S/C19H15BrClN3O2/c1-11-5-6-15(21)9-16(11)24-10-13(8-17(24)25)19-22-18(23-26-19)12-3-2-4-14(20)7-12/h2-7,9,13H,8,10H2,1H3. The Balaban J connectivity index is 1.59. The van der Waals surface area contributed by atoms with Crippen LogP contribution < -0.4 is 4.90 Å². The van der Waals surface area contributed by atoms with Crippen LogP contribution in [0.1, 0.15) is 23.8 Å². The Morgan fingerprint density at radius 1 is 1.27 bits per heavy atom. The van der Waals surface area contributed by atoms with E-state index in [9.17, 15) is 4.79 Å². The third-order valence-corrected chi connectivity index (χ3v) is 5.19. The predicted molar refractivity (Wildman–Crippen MR) is 103 cm³/mol. The van der Waals surface area contributed by atoms with Gasteiger partial charge in [0.05, 0.1) is 5.92 Å². The van der Waals surface area contributed by atoms with Crippen LogP contribution in [-0.4, -0.2) is 22.6 Å². The lowest BCUT2D eigenvalue weighted by Gasteiger charge is -2.18. The number of hydrogen-bond donors (Lipinski definition) is 0. The Morgan fingerprint density at radius 3 is 2.92 bits per heavy atom. The van der Waals surface area contributed by atoms with Gasteiger partial charge in [-0.25, -0.2) is 0 Å². The zero-order valence-electron chi connectivity index (χ0n) is 13.9. The average molecular weight is 433 g/mol. The molecular weight excluding hydrogens is 418 g/mol. The molecule has 1 aliphatic rings. The van der Waals surface area contributed by atoms with Gasteiger partial charge in [0, 0.05) is 33.7 Å². The summed E-state index contributed by atoms with van der Waals surface area (Å²) in [6.07, 6.45) is 0.339. The number of hydrogen-bond acceptors (Lipinski definition) is 4. The number of nitrogens with zero attached hydrogens (tertiary/aromatic N) is 3. The van der Waals surface area contributed by atoms with Gasteiger partial charge in [-0.15, -0.1) is 0 Å². The zero-order valence-corrected chi connectivity index (χ0v) is 16.3. The maximum Gasteiger partial charge on any atom is 0.232 e. The Labute approximate surface area is 164 Å². The number of aromatic nitrogens is 2. The van der Waals surface area contributed by atoms with Crippen LogP contribution in [0.5, 0.6) is 0 Å². The molecule has 0 radical (unpaired) electrons. The molecule has 26 heavy (non-hydrogen) atoms. The van der Waals surface area contributed by atoms with Crippen molar-refractivity contribution in [2.45, 2.75) is 19.3 Å². The van der Waals surface area contributed by atoms with Gasteiger partial charge < -0.3 is 9.42 Å². The molecule has 1 fully saturated rings. The third-order valence-electron chi connectivity index (χ3n) is 4.46. The number of anilines is 1. The summed E-state index contributed by atoms with van der Waals surface area (Å²) in [6.45, 7) is 2.46. The Kier molecular flexibility index (Phi) is 4.54. The van der Waals surface area contributed by atoms with Crippen LogP contribution in [0, 0.1) is 6.92 Å². The van der Waals surface area contributed by atoms with E-state index >= 15 is 0 Å². The van der Waals surface area contributed by atoms with E-state index in [-0.39, 0.29) is 11.8 Å². The van der Waals surface area contributed by atoms with Crippen LogP contribution in [0.2, 0.25) is 5.02 Å². The number of benzene rings is 2. The van der Waals surface area contributed by atoms with Crippen molar-refractivity contribution in [3.05, 3.63) is 63.4 Å². The molecule has 132 valence electrons. The minimum Gasteiger partial charge on any atom is -0.339 e. The highest BCUT2D eigenvalue weighted by Gasteiger charge is 2.35. The lowest BCUT2D eigenvalue weighted by molar-refractivity contribution is -0.117. The molecule has 1 aliphatic heterocycles. The second kappa shape index (κ2) is 6.85. The van der Waals surface area contributed by atoms with Crippen molar-refractivity contribution in [3.8, 4) is 11.4 Å². The lowest BCUT2D eigenvalue weighted by atomic mass is 10.1. The monoisotopic (exact) mass is 431 g/mol. The molecule has 1 atom stereocenters. The van der Waals surface area contributed by atoms with E-state index in [2.05, 4.69) is 26.1 Å². The summed E-state index contributed by atoms with van der Waals surface area (Å²) < 4.78 is 6.39. The Hall–Kier alpha value is -2.18. The first-order valence-electron chi connectivity index (χ1n) is 8.17. The average Bonchev–Trinajstić information content (AvgIpc) is 3.24. The molecule has 2 aromatic carbocycles. The highest BCUT2D eigenvalue weighted by molar-refractivity contribution is 9.10. The lowest BCUT2D eigenvalue weighted by Crippen LogP contribution is -2.25. The SMILES string of the molecule is Cc1ccc(Cl)cc1N1CC(c2nc(-c3cccc(Br)c3)no2)CC1=O. The van der Waals surface area contributed by atoms with E-state index in [0.717, 1.165) is 21.3 Å². The van der Waals surface area contributed by atoms with Gasteiger partial charge in [0.25, 0.3) is 0 Å². The number of carbonyl (C=O) groups is 1. The van der Waals surface area contributed by atoms with Gasteiger partial charge in [-0.1, -0.05) is 50.9 Å². The quantitative estimate of drug-likeness (QED) is 0.585. The minimum atomic E-state index is -0.130. The summed E-state index contributed by atoms with van der Waals surface area (Å²) in [4.78, 5) is 18.8. The summed E-state index contributed by atoms with van der Waals surface area (Å²) in [6, 6.07) is 13.2. The molecule has 1 aromatic heterocycles. The summed E-state index contributed by atoms with van der Waals surface area (Å²) in [5, 5.41) is 4.68. The van der Waals surface area contributed by atoms with Crippen LogP contribution >= 0.6 is 27.5 Å². The van der Waals surface area contributed by atoms with Gasteiger partial charge in [0.2, 0.25) is 17.6 Å². The second-order valence-corrected chi connectivity index (χ2v) is 7.65. The minimum absolute atomic E-state index is 0.0302. The zero-order chi connectivity index (χ0) is 18.3. The van der Waals surface area contributed by atoms with Crippen LogP contribution in [0.25, 0.3) is 11.4 Å². The van der Waals surface area contributed by atoms with E-state index in [1.807, 2.05) is 49.4 Å². The van der Waals surface area contributed by atoms with E-state index in [4.69, 9.17) is 16.1 Å². The topological polar surface area (TPSA) is 59.2 Å². The fourth-order valence-electron chi connectivity index (χ4n) is 3.13. The molecule has 0 bridgehead atoms. The Bertz CT molecular complexity index is 988. The van der Waals surface area contributed by atoms with Gasteiger partial charge >= 0.3 is 0 Å². The molecule has 0 saturated carbocycles. The van der Waals surface area contributed by atoms with Crippen molar-refractivity contribution in [1.82, 2.24) is 10.1 Å². The van der Waals surface area contributed by atoms with Crippen molar-refractivity contribution in [3.63, 3.8) is 0 Å². The molecular formula is C19H15BrClN3O2. The number of amides is 1.